The number of aliphatic hydroxyl groups is 1. The number of nitro benzene ring substituents is 1. The first-order valence-corrected chi connectivity index (χ1v) is 4.42. The van der Waals surface area contributed by atoms with Gasteiger partial charge in [0.15, 0.2) is 0 Å². The second-order valence-electron chi connectivity index (χ2n) is 3.44. The van der Waals surface area contributed by atoms with E-state index in [1.54, 1.807) is 19.1 Å². The van der Waals surface area contributed by atoms with Crippen LogP contribution in [0.15, 0.2) is 18.2 Å². The van der Waals surface area contributed by atoms with Gasteiger partial charge in [0.2, 0.25) is 0 Å². The summed E-state index contributed by atoms with van der Waals surface area (Å²) in [5.74, 6) is 0. The lowest BCUT2D eigenvalue weighted by molar-refractivity contribution is -0.385. The first-order chi connectivity index (χ1) is 6.50. The fourth-order valence-electron chi connectivity index (χ4n) is 1.37. The molecule has 0 bridgehead atoms. The topological polar surface area (TPSA) is 63.4 Å². The van der Waals surface area contributed by atoms with Crippen LogP contribution in [0, 0.1) is 17.0 Å². The fraction of sp³-hybridized carbons (Fsp3) is 0.400. The van der Waals surface area contributed by atoms with Crippen molar-refractivity contribution in [2.45, 2.75) is 26.4 Å². The van der Waals surface area contributed by atoms with Crippen LogP contribution in [0.2, 0.25) is 0 Å². The Bertz CT molecular complexity index is 347. The third-order valence-electron chi connectivity index (χ3n) is 1.95. The molecular weight excluding hydrogens is 182 g/mol. The maximum atomic E-state index is 10.6. The molecule has 0 amide bonds. The third kappa shape index (κ3) is 2.53. The molecule has 1 N–H and O–H groups in total. The van der Waals surface area contributed by atoms with Crippen LogP contribution in [0.25, 0.3) is 0 Å². The molecule has 0 heterocycles. The minimum atomic E-state index is -0.560. The van der Waals surface area contributed by atoms with Crippen LogP contribution in [0.1, 0.15) is 18.1 Å². The number of benzene rings is 1. The monoisotopic (exact) mass is 195 g/mol. The highest BCUT2D eigenvalue weighted by molar-refractivity contribution is 5.42. The fourth-order valence-corrected chi connectivity index (χ4v) is 1.37. The Balaban J connectivity index is 3.09. The molecule has 1 aromatic carbocycles. The third-order valence-corrected chi connectivity index (χ3v) is 1.95. The van der Waals surface area contributed by atoms with Crippen molar-refractivity contribution in [3.8, 4) is 0 Å². The van der Waals surface area contributed by atoms with Gasteiger partial charge in [0.05, 0.1) is 11.0 Å². The zero-order valence-corrected chi connectivity index (χ0v) is 8.23. The molecule has 1 rings (SSSR count). The number of nitrogens with zero attached hydrogens (tertiary/aromatic N) is 1. The van der Waals surface area contributed by atoms with E-state index in [-0.39, 0.29) is 5.69 Å². The lowest BCUT2D eigenvalue weighted by atomic mass is 10.0. The highest BCUT2D eigenvalue weighted by Gasteiger charge is 2.14. The Hall–Kier alpha value is -1.42. The molecule has 4 heteroatoms. The first-order valence-electron chi connectivity index (χ1n) is 4.42. The summed E-state index contributed by atoms with van der Waals surface area (Å²) < 4.78 is 0. The predicted octanol–water partition coefficient (Wildman–Crippen LogP) is 1.83. The molecule has 0 aromatic heterocycles. The quantitative estimate of drug-likeness (QED) is 0.591. The molecule has 1 aromatic rings. The lowest BCUT2D eigenvalue weighted by Gasteiger charge is -2.05. The van der Waals surface area contributed by atoms with E-state index in [0.717, 1.165) is 5.56 Å². The van der Waals surface area contributed by atoms with Gasteiger partial charge in [-0.2, -0.15) is 0 Å². The summed E-state index contributed by atoms with van der Waals surface area (Å²) >= 11 is 0. The summed E-state index contributed by atoms with van der Waals surface area (Å²) in [6.45, 7) is 3.49. The maximum Gasteiger partial charge on any atom is 0.272 e. The van der Waals surface area contributed by atoms with Crippen molar-refractivity contribution in [3.63, 3.8) is 0 Å². The van der Waals surface area contributed by atoms with Crippen molar-refractivity contribution in [2.24, 2.45) is 0 Å². The van der Waals surface area contributed by atoms with Crippen molar-refractivity contribution in [1.29, 1.82) is 0 Å². The van der Waals surface area contributed by atoms with Crippen molar-refractivity contribution in [3.05, 3.63) is 39.4 Å². The average molecular weight is 195 g/mol. The first kappa shape index (κ1) is 10.7. The highest BCUT2D eigenvalue weighted by Crippen LogP contribution is 2.21. The van der Waals surface area contributed by atoms with Crippen LogP contribution in [0.4, 0.5) is 5.69 Å². The smallest absolute Gasteiger partial charge is 0.272 e. The minimum absolute atomic E-state index is 0.0801. The summed E-state index contributed by atoms with van der Waals surface area (Å²) in [5, 5.41) is 19.8. The van der Waals surface area contributed by atoms with Crippen molar-refractivity contribution in [2.75, 3.05) is 0 Å². The molecule has 14 heavy (non-hydrogen) atoms. The second-order valence-corrected chi connectivity index (χ2v) is 3.44. The Morgan fingerprint density at radius 3 is 2.71 bits per heavy atom. The van der Waals surface area contributed by atoms with Crippen LogP contribution in [0.3, 0.4) is 0 Å². The SMILES string of the molecule is Cc1ccc([N+](=O)[O-])c(C[C@@H](C)O)c1. The van der Waals surface area contributed by atoms with Crippen LogP contribution in [-0.4, -0.2) is 16.1 Å². The number of nitro groups is 1. The van der Waals surface area contributed by atoms with Crippen molar-refractivity contribution >= 4 is 5.69 Å². The van der Waals surface area contributed by atoms with E-state index in [1.807, 2.05) is 6.92 Å². The molecule has 0 unspecified atom stereocenters. The van der Waals surface area contributed by atoms with Gasteiger partial charge in [-0.3, -0.25) is 10.1 Å². The number of hydrogen-bond donors (Lipinski definition) is 1. The van der Waals surface area contributed by atoms with Crippen LogP contribution in [-0.2, 0) is 6.42 Å². The van der Waals surface area contributed by atoms with E-state index in [4.69, 9.17) is 0 Å². The Morgan fingerprint density at radius 2 is 2.21 bits per heavy atom. The maximum absolute atomic E-state index is 10.6. The molecule has 76 valence electrons. The summed E-state index contributed by atoms with van der Waals surface area (Å²) in [6, 6.07) is 4.92. The molecular formula is C10H13NO3. The molecule has 0 saturated carbocycles. The highest BCUT2D eigenvalue weighted by atomic mass is 16.6. The average Bonchev–Trinajstić information content (AvgIpc) is 2.01. The standard InChI is InChI=1S/C10H13NO3/c1-7-3-4-10(11(13)14)9(5-7)6-8(2)12/h3-5,8,12H,6H2,1-2H3/t8-/m1/s1. The van der Waals surface area contributed by atoms with E-state index >= 15 is 0 Å². The molecule has 1 atom stereocenters. The zero-order valence-electron chi connectivity index (χ0n) is 8.23. The lowest BCUT2D eigenvalue weighted by Crippen LogP contribution is -2.06. The minimum Gasteiger partial charge on any atom is -0.393 e. The Labute approximate surface area is 82.3 Å². The summed E-state index contributed by atoms with van der Waals surface area (Å²) in [7, 11) is 0. The van der Waals surface area contributed by atoms with Gasteiger partial charge in [0.25, 0.3) is 5.69 Å². The van der Waals surface area contributed by atoms with Gasteiger partial charge >= 0.3 is 0 Å². The van der Waals surface area contributed by atoms with Gasteiger partial charge in [-0.1, -0.05) is 11.6 Å². The molecule has 0 saturated heterocycles. The van der Waals surface area contributed by atoms with Gasteiger partial charge < -0.3 is 5.11 Å². The number of rotatable bonds is 3. The summed E-state index contributed by atoms with van der Waals surface area (Å²) in [6.07, 6.45) is -0.242. The number of hydrogen-bond acceptors (Lipinski definition) is 3. The van der Waals surface area contributed by atoms with Crippen molar-refractivity contribution in [1.82, 2.24) is 0 Å². The van der Waals surface area contributed by atoms with Gasteiger partial charge in [0, 0.05) is 18.1 Å². The molecule has 0 aliphatic carbocycles. The molecule has 0 aliphatic rings. The van der Waals surface area contributed by atoms with Crippen molar-refractivity contribution < 1.29 is 10.0 Å². The number of aryl methyl sites for hydroxylation is 1. The molecule has 0 radical (unpaired) electrons. The van der Waals surface area contributed by atoms with Crippen LogP contribution < -0.4 is 0 Å². The molecule has 0 spiro atoms. The summed E-state index contributed by atoms with van der Waals surface area (Å²) in [5.41, 5.74) is 1.63. The van der Waals surface area contributed by atoms with Gasteiger partial charge in [-0.05, 0) is 19.9 Å². The number of aliphatic hydroxyl groups excluding tert-OH is 1. The predicted molar refractivity (Wildman–Crippen MR) is 53.2 cm³/mol. The van der Waals surface area contributed by atoms with Crippen LogP contribution >= 0.6 is 0 Å². The van der Waals surface area contributed by atoms with E-state index in [1.165, 1.54) is 6.07 Å². The van der Waals surface area contributed by atoms with E-state index < -0.39 is 11.0 Å². The van der Waals surface area contributed by atoms with Gasteiger partial charge in [0.1, 0.15) is 0 Å². The van der Waals surface area contributed by atoms with E-state index in [0.29, 0.717) is 12.0 Å². The molecule has 4 nitrogen and oxygen atoms in total. The molecule has 0 aliphatic heterocycles. The molecule has 0 fully saturated rings. The van der Waals surface area contributed by atoms with Crippen LogP contribution in [0.5, 0.6) is 0 Å². The van der Waals surface area contributed by atoms with Gasteiger partial charge in [-0.15, -0.1) is 0 Å². The van der Waals surface area contributed by atoms with E-state index in [2.05, 4.69) is 0 Å². The Morgan fingerprint density at radius 1 is 1.57 bits per heavy atom. The Kier molecular flexibility index (Phi) is 3.19. The second kappa shape index (κ2) is 4.19. The zero-order chi connectivity index (χ0) is 10.7. The summed E-state index contributed by atoms with van der Waals surface area (Å²) in [4.78, 5) is 10.2. The largest absolute Gasteiger partial charge is 0.393 e. The van der Waals surface area contributed by atoms with Gasteiger partial charge in [-0.25, -0.2) is 0 Å². The van der Waals surface area contributed by atoms with E-state index in [9.17, 15) is 15.2 Å². The normalized spacial score (nSPS) is 12.5.